The molecule has 35 heavy (non-hydrogen) atoms. The molecule has 3 aromatic rings. The number of para-hydroxylation sites is 2. The summed E-state index contributed by atoms with van der Waals surface area (Å²) in [5.41, 5.74) is 4.86. The molecule has 2 heterocycles. The average molecular weight is 472 g/mol. The van der Waals surface area contributed by atoms with E-state index in [-0.39, 0.29) is 12.0 Å². The molecule has 0 bridgehead atoms. The van der Waals surface area contributed by atoms with Crippen molar-refractivity contribution in [1.82, 2.24) is 5.32 Å². The van der Waals surface area contributed by atoms with Crippen LogP contribution in [0.5, 0.6) is 11.5 Å². The van der Waals surface area contributed by atoms with Gasteiger partial charge < -0.3 is 25.0 Å². The summed E-state index contributed by atoms with van der Waals surface area (Å²) in [4.78, 5) is 15.1. The number of fused-ring (bicyclic) bond motifs is 1. The largest absolute Gasteiger partial charge is 0.486 e. The molecule has 0 saturated carbocycles. The molecular weight excluding hydrogens is 438 g/mol. The maximum absolute atomic E-state index is 12.7. The third-order valence-corrected chi connectivity index (χ3v) is 6.81. The van der Waals surface area contributed by atoms with Crippen molar-refractivity contribution < 1.29 is 14.3 Å². The maximum Gasteiger partial charge on any atom is 0.255 e. The first kappa shape index (κ1) is 23.2. The first-order valence-corrected chi connectivity index (χ1v) is 12.4. The van der Waals surface area contributed by atoms with Crippen molar-refractivity contribution in [2.45, 2.75) is 38.8 Å². The Balaban J connectivity index is 1.08. The predicted octanol–water partition coefficient (Wildman–Crippen LogP) is 4.95. The average Bonchev–Trinajstić information content (AvgIpc) is 2.88. The van der Waals surface area contributed by atoms with Crippen molar-refractivity contribution >= 4 is 17.3 Å². The Labute approximate surface area is 207 Å². The summed E-state index contributed by atoms with van der Waals surface area (Å²) in [6.45, 7) is 7.36. The number of hydrogen-bond donors (Lipinski definition) is 2. The fourth-order valence-corrected chi connectivity index (χ4v) is 4.83. The fourth-order valence-electron chi connectivity index (χ4n) is 4.83. The smallest absolute Gasteiger partial charge is 0.255 e. The van der Waals surface area contributed by atoms with Crippen LogP contribution in [0.4, 0.5) is 11.4 Å². The fraction of sp³-hybridized carbons (Fsp3) is 0.345. The summed E-state index contributed by atoms with van der Waals surface area (Å²) < 4.78 is 11.9. The topological polar surface area (TPSA) is 62.8 Å². The molecule has 182 valence electrons. The first-order chi connectivity index (χ1) is 17.0. The van der Waals surface area contributed by atoms with Gasteiger partial charge in [0.2, 0.25) is 0 Å². The lowest BCUT2D eigenvalue weighted by atomic mass is 10.0. The second-order valence-electron chi connectivity index (χ2n) is 9.49. The van der Waals surface area contributed by atoms with Gasteiger partial charge in [-0.2, -0.15) is 0 Å². The lowest BCUT2D eigenvalue weighted by Gasteiger charge is -2.35. The number of nitrogens with one attached hydrogen (secondary N) is 2. The minimum Gasteiger partial charge on any atom is -0.486 e. The number of rotatable bonds is 6. The van der Waals surface area contributed by atoms with Crippen molar-refractivity contribution in [3.05, 3.63) is 83.4 Å². The minimum atomic E-state index is -0.0713. The maximum atomic E-state index is 12.7. The number of ether oxygens (including phenoxy) is 2. The van der Waals surface area contributed by atoms with Gasteiger partial charge in [-0.15, -0.1) is 0 Å². The second-order valence-corrected chi connectivity index (χ2v) is 9.49. The van der Waals surface area contributed by atoms with Gasteiger partial charge in [0.15, 0.2) is 11.5 Å². The van der Waals surface area contributed by atoms with Crippen LogP contribution >= 0.6 is 0 Å². The van der Waals surface area contributed by atoms with E-state index >= 15 is 0 Å². The molecule has 2 aliphatic heterocycles. The Hall–Kier alpha value is -3.51. The van der Waals surface area contributed by atoms with Crippen LogP contribution in [0, 0.1) is 13.8 Å². The molecule has 1 saturated heterocycles. The van der Waals surface area contributed by atoms with Gasteiger partial charge in [0.1, 0.15) is 12.7 Å². The summed E-state index contributed by atoms with van der Waals surface area (Å²) in [5, 5.41) is 6.69. The quantitative estimate of drug-likeness (QED) is 0.532. The number of aryl methyl sites for hydroxylation is 2. The molecule has 0 aromatic heterocycles. The minimum absolute atomic E-state index is 0.0365. The highest BCUT2D eigenvalue weighted by molar-refractivity contribution is 6.05. The Bertz CT molecular complexity index is 1170. The molecule has 5 rings (SSSR count). The van der Waals surface area contributed by atoms with Crippen LogP contribution < -0.4 is 25.0 Å². The van der Waals surface area contributed by atoms with Crippen LogP contribution in [0.15, 0.2) is 66.7 Å². The normalized spacial score (nSPS) is 17.8. The third-order valence-electron chi connectivity index (χ3n) is 6.81. The zero-order chi connectivity index (χ0) is 24.2. The van der Waals surface area contributed by atoms with Crippen LogP contribution in [0.2, 0.25) is 0 Å². The Morgan fingerprint density at radius 3 is 2.46 bits per heavy atom. The predicted molar refractivity (Wildman–Crippen MR) is 140 cm³/mol. The Kier molecular flexibility index (Phi) is 6.91. The molecule has 3 aromatic carbocycles. The molecule has 0 radical (unpaired) electrons. The highest BCUT2D eigenvalue weighted by Crippen LogP contribution is 2.31. The second kappa shape index (κ2) is 10.4. The van der Waals surface area contributed by atoms with Gasteiger partial charge in [-0.3, -0.25) is 4.79 Å². The number of nitrogens with zero attached hydrogens (tertiary/aromatic N) is 1. The first-order valence-electron chi connectivity index (χ1n) is 12.4. The molecule has 0 spiro atoms. The van der Waals surface area contributed by atoms with E-state index in [9.17, 15) is 4.79 Å². The van der Waals surface area contributed by atoms with E-state index in [1.165, 1.54) is 5.69 Å². The van der Waals surface area contributed by atoms with Crippen molar-refractivity contribution in [1.29, 1.82) is 0 Å². The number of piperidine rings is 1. The third kappa shape index (κ3) is 5.60. The van der Waals surface area contributed by atoms with E-state index in [1.807, 2.05) is 68.4 Å². The summed E-state index contributed by atoms with van der Waals surface area (Å²) in [7, 11) is 0. The standard InChI is InChI=1S/C29H33N3O3/c1-20-7-12-26(21(2)17-20)29(33)31-23-8-10-24(11-9-23)32-15-13-22(14-16-32)30-18-25-19-34-27-5-3-4-6-28(27)35-25/h3-12,17,22,25,30H,13-16,18-19H2,1-2H3,(H,31,33)/t25-/m1/s1. The number of hydrogen-bond acceptors (Lipinski definition) is 5. The molecule has 6 heteroatoms. The van der Waals surface area contributed by atoms with Gasteiger partial charge in [0.05, 0.1) is 0 Å². The van der Waals surface area contributed by atoms with Crippen molar-refractivity contribution in [3.8, 4) is 11.5 Å². The molecule has 0 unspecified atom stereocenters. The number of carbonyl (C=O) groups is 1. The monoisotopic (exact) mass is 471 g/mol. The Morgan fingerprint density at radius 2 is 1.71 bits per heavy atom. The highest BCUT2D eigenvalue weighted by Gasteiger charge is 2.24. The van der Waals surface area contributed by atoms with Gasteiger partial charge in [-0.25, -0.2) is 0 Å². The van der Waals surface area contributed by atoms with E-state index in [0.717, 1.165) is 60.8 Å². The van der Waals surface area contributed by atoms with Gasteiger partial charge in [0.25, 0.3) is 5.91 Å². The number of carbonyl (C=O) groups excluding carboxylic acids is 1. The van der Waals surface area contributed by atoms with Crippen LogP contribution in [-0.4, -0.2) is 44.3 Å². The molecule has 1 atom stereocenters. The summed E-state index contributed by atoms with van der Waals surface area (Å²) in [6.07, 6.45) is 2.19. The number of benzene rings is 3. The molecule has 2 N–H and O–H groups in total. The summed E-state index contributed by atoms with van der Waals surface area (Å²) in [6, 6.07) is 22.4. The molecular formula is C29H33N3O3. The molecule has 1 fully saturated rings. The lowest BCUT2D eigenvalue weighted by Crippen LogP contribution is -2.47. The van der Waals surface area contributed by atoms with Crippen LogP contribution in [-0.2, 0) is 0 Å². The van der Waals surface area contributed by atoms with Crippen molar-refractivity contribution in [2.24, 2.45) is 0 Å². The summed E-state index contributed by atoms with van der Waals surface area (Å²) >= 11 is 0. The SMILES string of the molecule is Cc1ccc(C(=O)Nc2ccc(N3CCC(NC[C@@H]4COc5ccccc5O4)CC3)cc2)c(C)c1. The lowest BCUT2D eigenvalue weighted by molar-refractivity contribution is 0.0873. The van der Waals surface area contributed by atoms with E-state index < -0.39 is 0 Å². The van der Waals surface area contributed by atoms with Crippen molar-refractivity contribution in [3.63, 3.8) is 0 Å². The highest BCUT2D eigenvalue weighted by atomic mass is 16.6. The van der Waals surface area contributed by atoms with E-state index in [1.54, 1.807) is 0 Å². The van der Waals surface area contributed by atoms with Crippen LogP contribution in [0.1, 0.15) is 34.3 Å². The van der Waals surface area contributed by atoms with Gasteiger partial charge in [0, 0.05) is 42.6 Å². The summed E-state index contributed by atoms with van der Waals surface area (Å²) in [5.74, 6) is 1.58. The van der Waals surface area contributed by atoms with E-state index in [0.29, 0.717) is 18.2 Å². The van der Waals surface area contributed by atoms with E-state index in [2.05, 4.69) is 27.7 Å². The number of anilines is 2. The van der Waals surface area contributed by atoms with Crippen LogP contribution in [0.25, 0.3) is 0 Å². The van der Waals surface area contributed by atoms with Gasteiger partial charge in [-0.1, -0.05) is 29.8 Å². The van der Waals surface area contributed by atoms with Gasteiger partial charge >= 0.3 is 0 Å². The molecule has 1 amide bonds. The zero-order valence-corrected chi connectivity index (χ0v) is 20.4. The number of amides is 1. The van der Waals surface area contributed by atoms with Gasteiger partial charge in [-0.05, 0) is 74.7 Å². The zero-order valence-electron chi connectivity index (χ0n) is 20.4. The Morgan fingerprint density at radius 1 is 0.971 bits per heavy atom. The molecule has 6 nitrogen and oxygen atoms in total. The van der Waals surface area contributed by atoms with Crippen molar-refractivity contribution in [2.75, 3.05) is 36.5 Å². The van der Waals surface area contributed by atoms with E-state index in [4.69, 9.17) is 9.47 Å². The molecule has 0 aliphatic carbocycles. The molecule has 2 aliphatic rings. The van der Waals surface area contributed by atoms with Crippen LogP contribution in [0.3, 0.4) is 0 Å².